The van der Waals surface area contributed by atoms with Crippen molar-refractivity contribution in [3.8, 4) is 34.3 Å². The van der Waals surface area contributed by atoms with E-state index in [1.54, 1.807) is 60.9 Å². The van der Waals surface area contributed by atoms with E-state index in [-0.39, 0.29) is 23.6 Å². The molecule has 0 radical (unpaired) electrons. The molecule has 9 nitrogen and oxygen atoms in total. The Labute approximate surface area is 208 Å². The zero-order valence-electron chi connectivity index (χ0n) is 20.7. The van der Waals surface area contributed by atoms with E-state index >= 15 is 0 Å². The zero-order chi connectivity index (χ0) is 25.8. The molecule has 2 aromatic heterocycles. The van der Waals surface area contributed by atoms with Gasteiger partial charge in [-0.3, -0.25) is 9.20 Å². The minimum atomic E-state index is -0.536. The molecule has 0 aliphatic heterocycles. The highest BCUT2D eigenvalue weighted by atomic mass is 16.5. The van der Waals surface area contributed by atoms with Crippen LogP contribution in [0, 0.1) is 0 Å². The van der Waals surface area contributed by atoms with E-state index in [9.17, 15) is 9.59 Å². The molecule has 0 saturated heterocycles. The summed E-state index contributed by atoms with van der Waals surface area (Å²) < 4.78 is 28.3. The molecule has 0 amide bonds. The second kappa shape index (κ2) is 10.4. The molecule has 2 heterocycles. The van der Waals surface area contributed by atoms with Crippen LogP contribution in [0.2, 0.25) is 0 Å². The van der Waals surface area contributed by atoms with Gasteiger partial charge in [-0.15, -0.1) is 0 Å². The van der Waals surface area contributed by atoms with Crippen molar-refractivity contribution in [2.24, 2.45) is 0 Å². The number of hydrogen-bond acceptors (Lipinski definition) is 8. The van der Waals surface area contributed by atoms with Gasteiger partial charge in [0, 0.05) is 11.1 Å². The number of ketones is 1. The van der Waals surface area contributed by atoms with Crippen molar-refractivity contribution in [3.05, 3.63) is 71.7 Å². The number of fused-ring (bicyclic) bond motifs is 1. The zero-order valence-corrected chi connectivity index (χ0v) is 20.7. The first-order chi connectivity index (χ1) is 17.4. The van der Waals surface area contributed by atoms with Gasteiger partial charge in [-0.1, -0.05) is 0 Å². The number of carbonyl (C=O) groups excluding carboxylic acids is 2. The lowest BCUT2D eigenvalue weighted by atomic mass is 10.1. The molecule has 4 rings (SSSR count). The molecule has 0 unspecified atom stereocenters. The Bertz CT molecular complexity index is 1400. The van der Waals surface area contributed by atoms with Gasteiger partial charge in [0.15, 0.2) is 11.5 Å². The number of nitrogens with zero attached hydrogens (tertiary/aromatic N) is 2. The Kier molecular flexibility index (Phi) is 7.10. The predicted molar refractivity (Wildman–Crippen MR) is 133 cm³/mol. The highest BCUT2D eigenvalue weighted by Crippen LogP contribution is 2.41. The molecular weight excluding hydrogens is 464 g/mol. The Morgan fingerprint density at radius 1 is 0.861 bits per heavy atom. The third-order valence-corrected chi connectivity index (χ3v) is 5.70. The monoisotopic (exact) mass is 490 g/mol. The molecule has 0 N–H and O–H groups in total. The second-order valence-corrected chi connectivity index (χ2v) is 7.66. The van der Waals surface area contributed by atoms with Crippen LogP contribution in [0.15, 0.2) is 54.9 Å². The van der Waals surface area contributed by atoms with E-state index in [4.69, 9.17) is 23.7 Å². The summed E-state index contributed by atoms with van der Waals surface area (Å²) in [7, 11) is 6.14. The summed E-state index contributed by atoms with van der Waals surface area (Å²) in [5.74, 6) is 1.20. The lowest BCUT2D eigenvalue weighted by Gasteiger charge is -2.14. The molecule has 4 aromatic rings. The fourth-order valence-electron chi connectivity index (χ4n) is 3.92. The number of carbonyl (C=O) groups is 2. The SMILES string of the molecule is CCOC(=O)c1cc(C(=O)c2ccc(OC)cc2)n2cnc(-c3cc(OC)c(OC)c(OC)c3)cc12. The van der Waals surface area contributed by atoms with Crippen LogP contribution in [0.25, 0.3) is 16.8 Å². The van der Waals surface area contributed by atoms with Gasteiger partial charge in [0.1, 0.15) is 12.1 Å². The Hall–Kier alpha value is -4.53. The average Bonchev–Trinajstić information content (AvgIpc) is 3.31. The molecule has 36 heavy (non-hydrogen) atoms. The molecule has 0 aliphatic carbocycles. The molecule has 0 aliphatic rings. The van der Waals surface area contributed by atoms with E-state index in [1.165, 1.54) is 33.7 Å². The third-order valence-electron chi connectivity index (χ3n) is 5.70. The maximum Gasteiger partial charge on any atom is 0.340 e. The smallest absolute Gasteiger partial charge is 0.340 e. The largest absolute Gasteiger partial charge is 0.497 e. The van der Waals surface area contributed by atoms with E-state index < -0.39 is 5.97 Å². The van der Waals surface area contributed by atoms with Crippen LogP contribution in [0.1, 0.15) is 33.3 Å². The van der Waals surface area contributed by atoms with Gasteiger partial charge < -0.3 is 23.7 Å². The van der Waals surface area contributed by atoms with Gasteiger partial charge in [0.25, 0.3) is 0 Å². The summed E-state index contributed by atoms with van der Waals surface area (Å²) in [5.41, 5.74) is 2.66. The van der Waals surface area contributed by atoms with Crippen molar-refractivity contribution in [1.29, 1.82) is 0 Å². The summed E-state index contributed by atoms with van der Waals surface area (Å²) >= 11 is 0. The Morgan fingerprint density at radius 2 is 1.53 bits per heavy atom. The molecule has 0 saturated carbocycles. The molecular formula is C27H26N2O7. The molecule has 186 valence electrons. The van der Waals surface area contributed by atoms with Gasteiger partial charge in [-0.05, 0) is 55.5 Å². The second-order valence-electron chi connectivity index (χ2n) is 7.66. The molecule has 0 spiro atoms. The van der Waals surface area contributed by atoms with Crippen molar-refractivity contribution >= 4 is 17.3 Å². The number of hydrogen-bond donors (Lipinski definition) is 0. The lowest BCUT2D eigenvalue weighted by molar-refractivity contribution is 0.0529. The number of methoxy groups -OCH3 is 4. The molecule has 0 atom stereocenters. The fraction of sp³-hybridized carbons (Fsp3) is 0.222. The Balaban J connectivity index is 1.87. The minimum absolute atomic E-state index is 0.197. The number of benzene rings is 2. The van der Waals surface area contributed by atoms with Gasteiger partial charge in [0.05, 0.1) is 57.5 Å². The highest BCUT2D eigenvalue weighted by Gasteiger charge is 2.23. The summed E-state index contributed by atoms with van der Waals surface area (Å²) in [6.07, 6.45) is 1.51. The normalized spacial score (nSPS) is 10.7. The van der Waals surface area contributed by atoms with Crippen molar-refractivity contribution in [2.45, 2.75) is 6.92 Å². The van der Waals surface area contributed by atoms with Crippen molar-refractivity contribution in [1.82, 2.24) is 9.38 Å². The fourth-order valence-corrected chi connectivity index (χ4v) is 3.92. The van der Waals surface area contributed by atoms with Gasteiger partial charge in [-0.2, -0.15) is 0 Å². The Morgan fingerprint density at radius 3 is 2.08 bits per heavy atom. The van der Waals surface area contributed by atoms with Crippen LogP contribution < -0.4 is 18.9 Å². The van der Waals surface area contributed by atoms with Crippen LogP contribution in [-0.4, -0.2) is 56.2 Å². The van der Waals surface area contributed by atoms with Crippen LogP contribution in [0.3, 0.4) is 0 Å². The number of esters is 1. The van der Waals surface area contributed by atoms with Gasteiger partial charge >= 0.3 is 5.97 Å². The first kappa shape index (κ1) is 24.6. The predicted octanol–water partition coefficient (Wildman–Crippen LogP) is 4.44. The minimum Gasteiger partial charge on any atom is -0.497 e. The first-order valence-corrected chi connectivity index (χ1v) is 11.1. The molecule has 0 bridgehead atoms. The van der Waals surface area contributed by atoms with Gasteiger partial charge in [-0.25, -0.2) is 9.78 Å². The van der Waals surface area contributed by atoms with Crippen molar-refractivity contribution in [2.75, 3.05) is 35.0 Å². The summed E-state index contributed by atoms with van der Waals surface area (Å²) in [6.45, 7) is 1.92. The molecule has 0 fully saturated rings. The standard InChI is InChI=1S/C27H26N2O7/c1-6-36-27(31)19-13-22(25(30)16-7-9-18(32-2)10-8-16)29-15-28-20(14-21(19)29)17-11-23(33-3)26(35-5)24(12-17)34-4/h7-15H,6H2,1-5H3. The average molecular weight is 491 g/mol. The molecule has 9 heteroatoms. The number of rotatable bonds is 9. The summed E-state index contributed by atoms with van der Waals surface area (Å²) in [6, 6.07) is 13.5. The van der Waals surface area contributed by atoms with E-state index in [2.05, 4.69) is 4.98 Å². The van der Waals surface area contributed by atoms with E-state index in [1.807, 2.05) is 0 Å². The van der Waals surface area contributed by atoms with Gasteiger partial charge in [0.2, 0.25) is 11.5 Å². The topological polar surface area (TPSA) is 97.6 Å². The van der Waals surface area contributed by atoms with Crippen LogP contribution in [0.4, 0.5) is 0 Å². The lowest BCUT2D eigenvalue weighted by Crippen LogP contribution is -2.06. The van der Waals surface area contributed by atoms with Crippen LogP contribution in [0.5, 0.6) is 23.0 Å². The van der Waals surface area contributed by atoms with Crippen molar-refractivity contribution in [3.63, 3.8) is 0 Å². The van der Waals surface area contributed by atoms with E-state index in [0.29, 0.717) is 45.3 Å². The maximum atomic E-state index is 13.4. The molecule has 2 aromatic carbocycles. The number of aromatic nitrogens is 2. The third kappa shape index (κ3) is 4.43. The number of ether oxygens (including phenoxy) is 5. The highest BCUT2D eigenvalue weighted by molar-refractivity contribution is 6.11. The maximum absolute atomic E-state index is 13.4. The van der Waals surface area contributed by atoms with Crippen LogP contribution >= 0.6 is 0 Å². The quantitative estimate of drug-likeness (QED) is 0.251. The van der Waals surface area contributed by atoms with Crippen LogP contribution in [-0.2, 0) is 4.74 Å². The summed E-state index contributed by atoms with van der Waals surface area (Å²) in [5, 5.41) is 0. The van der Waals surface area contributed by atoms with E-state index in [0.717, 1.165) is 0 Å². The summed E-state index contributed by atoms with van der Waals surface area (Å²) in [4.78, 5) is 30.7. The van der Waals surface area contributed by atoms with Crippen molar-refractivity contribution < 1.29 is 33.3 Å². The first-order valence-electron chi connectivity index (χ1n) is 11.1.